The fraction of sp³-hybridized carbons (Fsp3) is 0.474. The molecule has 1 saturated heterocycles. The van der Waals surface area contributed by atoms with Gasteiger partial charge in [0.05, 0.1) is 11.4 Å². The minimum Gasteiger partial charge on any atom is -0.368 e. The molecule has 2 aromatic rings. The number of carbonyl (C=O) groups is 2. The quantitative estimate of drug-likeness (QED) is 0.769. The van der Waals surface area contributed by atoms with Crippen LogP contribution in [0.1, 0.15) is 43.8 Å². The summed E-state index contributed by atoms with van der Waals surface area (Å²) < 4.78 is 1.89. The number of nitrogens with zero attached hydrogens (tertiary/aromatic N) is 4. The van der Waals surface area contributed by atoms with Gasteiger partial charge in [0.1, 0.15) is 11.9 Å². The Morgan fingerprint density at radius 3 is 2.63 bits per heavy atom. The molecular weight excluding hydrogens is 362 g/mol. The lowest BCUT2D eigenvalue weighted by Gasteiger charge is -2.33. The van der Waals surface area contributed by atoms with Crippen molar-refractivity contribution in [3.63, 3.8) is 0 Å². The highest BCUT2D eigenvalue weighted by molar-refractivity contribution is 7.99. The summed E-state index contributed by atoms with van der Waals surface area (Å²) in [6.45, 7) is 0.589. The SMILES string of the molecule is NC(=O)[C@@H]1CCCCN1C(=O)CSc1nc(C2CC2)n(-c2ccccc2)n1. The Kier molecular flexibility index (Phi) is 5.15. The predicted molar refractivity (Wildman–Crippen MR) is 103 cm³/mol. The van der Waals surface area contributed by atoms with Crippen LogP contribution >= 0.6 is 11.8 Å². The number of para-hydroxylation sites is 1. The van der Waals surface area contributed by atoms with E-state index < -0.39 is 11.9 Å². The number of hydrogen-bond donors (Lipinski definition) is 1. The minimum atomic E-state index is -0.483. The summed E-state index contributed by atoms with van der Waals surface area (Å²) in [7, 11) is 0. The Bertz CT molecular complexity index is 834. The van der Waals surface area contributed by atoms with Crippen LogP contribution in [0.15, 0.2) is 35.5 Å². The van der Waals surface area contributed by atoms with Gasteiger partial charge < -0.3 is 10.6 Å². The molecule has 2 amide bonds. The Labute approximate surface area is 162 Å². The second-order valence-corrected chi connectivity index (χ2v) is 8.01. The van der Waals surface area contributed by atoms with Gasteiger partial charge in [0, 0.05) is 12.5 Å². The van der Waals surface area contributed by atoms with Crippen molar-refractivity contribution in [3.8, 4) is 5.69 Å². The van der Waals surface area contributed by atoms with Crippen LogP contribution in [0.2, 0.25) is 0 Å². The maximum atomic E-state index is 12.6. The van der Waals surface area contributed by atoms with Crippen molar-refractivity contribution in [2.75, 3.05) is 12.3 Å². The van der Waals surface area contributed by atoms with Crippen LogP contribution in [0.5, 0.6) is 0 Å². The highest BCUT2D eigenvalue weighted by atomic mass is 32.2. The van der Waals surface area contributed by atoms with Gasteiger partial charge in [0.25, 0.3) is 0 Å². The van der Waals surface area contributed by atoms with E-state index in [0.717, 1.165) is 37.2 Å². The third-order valence-electron chi connectivity index (χ3n) is 5.03. The van der Waals surface area contributed by atoms with Gasteiger partial charge >= 0.3 is 0 Å². The Morgan fingerprint density at radius 1 is 1.15 bits per heavy atom. The third kappa shape index (κ3) is 4.00. The Balaban J connectivity index is 1.47. The smallest absolute Gasteiger partial charge is 0.240 e. The lowest BCUT2D eigenvalue weighted by atomic mass is 10.0. The standard InChI is InChI=1S/C19H23N5O2S/c20-17(26)15-8-4-5-11-23(15)16(25)12-27-19-21-18(13-9-10-13)24(22-19)14-6-2-1-3-7-14/h1-3,6-7,13,15H,4-5,8-12H2,(H2,20,26)/t15-/m0/s1. The van der Waals surface area contributed by atoms with Crippen molar-refractivity contribution in [2.24, 2.45) is 5.73 Å². The first-order valence-electron chi connectivity index (χ1n) is 9.37. The molecule has 0 spiro atoms. The van der Waals surface area contributed by atoms with Gasteiger partial charge in [-0.1, -0.05) is 30.0 Å². The van der Waals surface area contributed by atoms with Crippen LogP contribution in [0, 0.1) is 0 Å². The second kappa shape index (κ2) is 7.72. The molecule has 1 saturated carbocycles. The molecule has 27 heavy (non-hydrogen) atoms. The molecule has 2 N–H and O–H groups in total. The van der Waals surface area contributed by atoms with E-state index >= 15 is 0 Å². The average Bonchev–Trinajstić information content (AvgIpc) is 3.46. The molecule has 1 aliphatic carbocycles. The fourth-order valence-electron chi connectivity index (χ4n) is 3.47. The first-order valence-corrected chi connectivity index (χ1v) is 10.4. The summed E-state index contributed by atoms with van der Waals surface area (Å²) in [5, 5.41) is 5.22. The normalized spacial score (nSPS) is 19.9. The molecule has 1 aliphatic heterocycles. The number of primary amides is 1. The number of hydrogen-bond acceptors (Lipinski definition) is 5. The molecule has 0 unspecified atom stereocenters. The average molecular weight is 385 g/mol. The van der Waals surface area contributed by atoms with Crippen LogP contribution in [-0.4, -0.2) is 49.8 Å². The zero-order valence-electron chi connectivity index (χ0n) is 15.1. The van der Waals surface area contributed by atoms with E-state index in [1.807, 2.05) is 35.0 Å². The summed E-state index contributed by atoms with van der Waals surface area (Å²) in [5.41, 5.74) is 6.44. The fourth-order valence-corrected chi connectivity index (χ4v) is 4.18. The van der Waals surface area contributed by atoms with Gasteiger partial charge in [-0.15, -0.1) is 5.10 Å². The number of amides is 2. The van der Waals surface area contributed by atoms with Gasteiger partial charge in [-0.3, -0.25) is 9.59 Å². The van der Waals surface area contributed by atoms with Gasteiger partial charge in [-0.25, -0.2) is 9.67 Å². The molecule has 1 atom stereocenters. The molecular formula is C19H23N5O2S. The van der Waals surface area contributed by atoms with Crippen molar-refractivity contribution in [1.29, 1.82) is 0 Å². The molecule has 2 heterocycles. The van der Waals surface area contributed by atoms with Crippen molar-refractivity contribution < 1.29 is 9.59 Å². The van der Waals surface area contributed by atoms with E-state index in [9.17, 15) is 9.59 Å². The van der Waals surface area contributed by atoms with E-state index in [0.29, 0.717) is 24.0 Å². The van der Waals surface area contributed by atoms with E-state index in [1.165, 1.54) is 11.8 Å². The number of thioether (sulfide) groups is 1. The molecule has 0 bridgehead atoms. The molecule has 142 valence electrons. The molecule has 1 aromatic carbocycles. The van der Waals surface area contributed by atoms with E-state index in [2.05, 4.69) is 10.1 Å². The number of nitrogens with two attached hydrogens (primary N) is 1. The summed E-state index contributed by atoms with van der Waals surface area (Å²) in [4.78, 5) is 30.5. The van der Waals surface area contributed by atoms with Gasteiger partial charge in [-0.05, 0) is 44.2 Å². The monoisotopic (exact) mass is 385 g/mol. The summed E-state index contributed by atoms with van der Waals surface area (Å²) in [5.74, 6) is 1.13. The molecule has 2 aliphatic rings. The van der Waals surface area contributed by atoms with Gasteiger partial charge in [-0.2, -0.15) is 0 Å². The first kappa shape index (κ1) is 18.0. The van der Waals surface area contributed by atoms with E-state index in [4.69, 9.17) is 5.73 Å². The van der Waals surface area contributed by atoms with E-state index in [-0.39, 0.29) is 11.7 Å². The molecule has 7 nitrogen and oxygen atoms in total. The van der Waals surface area contributed by atoms with Crippen LogP contribution in [0.25, 0.3) is 5.69 Å². The van der Waals surface area contributed by atoms with Crippen molar-refractivity contribution in [2.45, 2.75) is 49.2 Å². The van der Waals surface area contributed by atoms with Crippen molar-refractivity contribution in [1.82, 2.24) is 19.7 Å². The largest absolute Gasteiger partial charge is 0.368 e. The highest BCUT2D eigenvalue weighted by Gasteiger charge is 2.32. The number of rotatable bonds is 6. The molecule has 8 heteroatoms. The maximum absolute atomic E-state index is 12.6. The number of benzene rings is 1. The second-order valence-electron chi connectivity index (χ2n) is 7.06. The van der Waals surface area contributed by atoms with Crippen molar-refractivity contribution >= 4 is 23.6 Å². The zero-order valence-corrected chi connectivity index (χ0v) is 15.9. The zero-order chi connectivity index (χ0) is 18.8. The molecule has 4 rings (SSSR count). The van der Waals surface area contributed by atoms with Crippen LogP contribution < -0.4 is 5.73 Å². The van der Waals surface area contributed by atoms with Gasteiger partial charge in [0.15, 0.2) is 0 Å². The minimum absolute atomic E-state index is 0.0764. The lowest BCUT2D eigenvalue weighted by Crippen LogP contribution is -2.51. The molecule has 1 aromatic heterocycles. The van der Waals surface area contributed by atoms with Crippen LogP contribution in [0.4, 0.5) is 0 Å². The third-order valence-corrected chi connectivity index (χ3v) is 5.85. The van der Waals surface area contributed by atoms with Crippen molar-refractivity contribution in [3.05, 3.63) is 36.2 Å². The number of aromatic nitrogens is 3. The molecule has 2 fully saturated rings. The van der Waals surface area contributed by atoms with Crippen LogP contribution in [0.3, 0.4) is 0 Å². The maximum Gasteiger partial charge on any atom is 0.240 e. The van der Waals surface area contributed by atoms with E-state index in [1.54, 1.807) is 4.90 Å². The lowest BCUT2D eigenvalue weighted by molar-refractivity contribution is -0.138. The number of piperidine rings is 1. The first-order chi connectivity index (χ1) is 13.1. The predicted octanol–water partition coefficient (Wildman–Crippen LogP) is 2.10. The highest BCUT2D eigenvalue weighted by Crippen LogP contribution is 2.40. The molecule has 0 radical (unpaired) electrons. The summed E-state index contributed by atoms with van der Waals surface area (Å²) in [6, 6.07) is 9.45. The Morgan fingerprint density at radius 2 is 1.93 bits per heavy atom. The summed E-state index contributed by atoms with van der Waals surface area (Å²) in [6.07, 6.45) is 4.74. The Hall–Kier alpha value is -2.35. The number of carbonyl (C=O) groups excluding carboxylic acids is 2. The topological polar surface area (TPSA) is 94.1 Å². The van der Waals surface area contributed by atoms with Gasteiger partial charge in [0.2, 0.25) is 17.0 Å². The van der Waals surface area contributed by atoms with Crippen LogP contribution in [-0.2, 0) is 9.59 Å². The summed E-state index contributed by atoms with van der Waals surface area (Å²) >= 11 is 1.32. The number of likely N-dealkylation sites (tertiary alicyclic amines) is 1.